The van der Waals surface area contributed by atoms with Gasteiger partial charge in [0, 0.05) is 30.3 Å². The maximum Gasteiger partial charge on any atom is 0.307 e. The Morgan fingerprint density at radius 2 is 1.67 bits per heavy atom. The average Bonchev–Trinajstić information content (AvgIpc) is 3.26. The van der Waals surface area contributed by atoms with E-state index in [2.05, 4.69) is 5.32 Å². The minimum Gasteiger partial charge on any atom is -0.461 e. The topological polar surface area (TPSA) is 75.7 Å². The quantitative estimate of drug-likeness (QED) is 0.624. The predicted octanol–water partition coefficient (Wildman–Crippen LogP) is 4.01. The van der Waals surface area contributed by atoms with Crippen LogP contribution in [0.4, 0.5) is 0 Å². The number of thioether (sulfide) groups is 1. The van der Waals surface area contributed by atoms with E-state index in [0.29, 0.717) is 0 Å². The zero-order valence-corrected chi connectivity index (χ0v) is 19.5. The number of rotatable bonds is 7. The summed E-state index contributed by atoms with van der Waals surface area (Å²) in [6.07, 6.45) is 3.27. The predicted molar refractivity (Wildman–Crippen MR) is 128 cm³/mol. The zero-order valence-electron chi connectivity index (χ0n) is 18.7. The van der Waals surface area contributed by atoms with Gasteiger partial charge >= 0.3 is 5.97 Å². The second-order valence-electron chi connectivity index (χ2n) is 8.58. The zero-order chi connectivity index (χ0) is 23.1. The van der Waals surface area contributed by atoms with E-state index in [1.807, 2.05) is 77.3 Å². The van der Waals surface area contributed by atoms with Gasteiger partial charge in [-0.05, 0) is 43.4 Å². The Balaban J connectivity index is 1.21. The van der Waals surface area contributed by atoms with E-state index in [1.165, 1.54) is 0 Å². The monoisotopic (exact) mass is 466 g/mol. The van der Waals surface area contributed by atoms with Crippen molar-refractivity contribution in [3.05, 3.63) is 71.8 Å². The number of carbonyl (C=O) groups excluding carboxylic acids is 3. The SMILES string of the molecule is O=C(CCNC(=O)C1CCC2(CC1)SCCN2C(=O)c1ccccc1)OCc1ccccc1. The number of benzene rings is 2. The van der Waals surface area contributed by atoms with Crippen molar-refractivity contribution in [2.45, 2.75) is 43.6 Å². The third-order valence-electron chi connectivity index (χ3n) is 6.45. The van der Waals surface area contributed by atoms with Crippen LogP contribution >= 0.6 is 11.8 Å². The van der Waals surface area contributed by atoms with Gasteiger partial charge in [-0.2, -0.15) is 0 Å². The third kappa shape index (κ3) is 5.77. The van der Waals surface area contributed by atoms with E-state index >= 15 is 0 Å². The maximum atomic E-state index is 13.1. The van der Waals surface area contributed by atoms with Crippen molar-refractivity contribution in [1.29, 1.82) is 0 Å². The number of amides is 2. The van der Waals surface area contributed by atoms with Gasteiger partial charge in [-0.1, -0.05) is 48.5 Å². The molecule has 33 heavy (non-hydrogen) atoms. The van der Waals surface area contributed by atoms with E-state index in [-0.39, 0.29) is 48.1 Å². The summed E-state index contributed by atoms with van der Waals surface area (Å²) < 4.78 is 5.26. The van der Waals surface area contributed by atoms with E-state index in [0.717, 1.165) is 49.1 Å². The Bertz CT molecular complexity index is 959. The molecule has 1 saturated carbocycles. The Morgan fingerprint density at radius 3 is 2.36 bits per heavy atom. The molecule has 1 aliphatic heterocycles. The van der Waals surface area contributed by atoms with Gasteiger partial charge in [-0.3, -0.25) is 14.4 Å². The summed E-state index contributed by atoms with van der Waals surface area (Å²) in [5.74, 6) is 0.604. The van der Waals surface area contributed by atoms with Gasteiger partial charge in [0.15, 0.2) is 0 Å². The highest BCUT2D eigenvalue weighted by molar-refractivity contribution is 8.00. The van der Waals surface area contributed by atoms with Crippen LogP contribution in [-0.2, 0) is 20.9 Å². The lowest BCUT2D eigenvalue weighted by Crippen LogP contribution is -2.49. The van der Waals surface area contributed by atoms with Crippen molar-refractivity contribution in [1.82, 2.24) is 10.2 Å². The average molecular weight is 467 g/mol. The Hall–Kier alpha value is -2.80. The number of nitrogens with zero attached hydrogens (tertiary/aromatic N) is 1. The van der Waals surface area contributed by atoms with Crippen molar-refractivity contribution in [3.8, 4) is 0 Å². The second-order valence-corrected chi connectivity index (χ2v) is 10.0. The van der Waals surface area contributed by atoms with Gasteiger partial charge in [0.05, 0.1) is 11.3 Å². The van der Waals surface area contributed by atoms with Crippen LogP contribution in [0.2, 0.25) is 0 Å². The van der Waals surface area contributed by atoms with E-state index in [9.17, 15) is 14.4 Å². The highest BCUT2D eigenvalue weighted by Gasteiger charge is 2.47. The van der Waals surface area contributed by atoms with Crippen LogP contribution in [0.3, 0.4) is 0 Å². The van der Waals surface area contributed by atoms with Crippen LogP contribution in [0, 0.1) is 5.92 Å². The summed E-state index contributed by atoms with van der Waals surface area (Å²) >= 11 is 1.85. The summed E-state index contributed by atoms with van der Waals surface area (Å²) in [6, 6.07) is 19.0. The van der Waals surface area contributed by atoms with Gasteiger partial charge in [0.25, 0.3) is 5.91 Å². The smallest absolute Gasteiger partial charge is 0.307 e. The number of carbonyl (C=O) groups is 3. The molecule has 0 bridgehead atoms. The summed E-state index contributed by atoms with van der Waals surface area (Å²) in [5.41, 5.74) is 1.66. The lowest BCUT2D eigenvalue weighted by atomic mass is 9.84. The maximum absolute atomic E-state index is 13.1. The fraction of sp³-hybridized carbons (Fsp3) is 0.423. The lowest BCUT2D eigenvalue weighted by Gasteiger charge is -2.42. The minimum atomic E-state index is -0.320. The standard InChI is InChI=1S/C26H30N2O4S/c29-23(32-19-20-7-3-1-4-8-20)13-16-27-24(30)21-11-14-26(15-12-21)28(17-18-33-26)25(31)22-9-5-2-6-10-22/h1-10,21H,11-19H2,(H,27,30). The minimum absolute atomic E-state index is 0.00959. The van der Waals surface area contributed by atoms with E-state index < -0.39 is 0 Å². The van der Waals surface area contributed by atoms with Gasteiger partial charge in [0.1, 0.15) is 6.61 Å². The molecule has 4 rings (SSSR count). The molecule has 1 saturated heterocycles. The molecule has 7 heteroatoms. The molecule has 0 unspecified atom stereocenters. The molecule has 0 atom stereocenters. The van der Waals surface area contributed by atoms with Crippen LogP contribution in [0.25, 0.3) is 0 Å². The highest BCUT2D eigenvalue weighted by atomic mass is 32.2. The second kappa shape index (κ2) is 10.9. The van der Waals surface area contributed by atoms with Gasteiger partial charge in [-0.25, -0.2) is 0 Å². The van der Waals surface area contributed by atoms with Gasteiger partial charge in [-0.15, -0.1) is 11.8 Å². The largest absolute Gasteiger partial charge is 0.461 e. The van der Waals surface area contributed by atoms with Crippen LogP contribution in [0.5, 0.6) is 0 Å². The van der Waals surface area contributed by atoms with Crippen molar-refractivity contribution >= 4 is 29.5 Å². The van der Waals surface area contributed by atoms with Crippen molar-refractivity contribution in [3.63, 3.8) is 0 Å². The molecule has 0 aromatic heterocycles. The molecule has 0 radical (unpaired) electrons. The first kappa shape index (κ1) is 23.4. The normalized spacial score (nSPS) is 22.2. The van der Waals surface area contributed by atoms with Crippen molar-refractivity contribution < 1.29 is 19.1 Å². The Labute approximate surface area is 199 Å². The molecule has 6 nitrogen and oxygen atoms in total. The first-order valence-corrected chi connectivity index (χ1v) is 12.5. The Kier molecular flexibility index (Phi) is 7.70. The molecule has 2 aromatic rings. The first-order valence-electron chi connectivity index (χ1n) is 11.6. The number of hydrogen-bond donors (Lipinski definition) is 1. The lowest BCUT2D eigenvalue weighted by molar-refractivity contribution is -0.144. The fourth-order valence-electron chi connectivity index (χ4n) is 4.62. The van der Waals surface area contributed by atoms with E-state index in [4.69, 9.17) is 4.74 Å². The number of hydrogen-bond acceptors (Lipinski definition) is 5. The summed E-state index contributed by atoms with van der Waals surface area (Å²) in [6.45, 7) is 1.27. The molecule has 1 aliphatic carbocycles. The number of nitrogens with one attached hydrogen (secondary N) is 1. The first-order chi connectivity index (χ1) is 16.1. The summed E-state index contributed by atoms with van der Waals surface area (Å²) in [7, 11) is 0. The van der Waals surface area contributed by atoms with Crippen molar-refractivity contribution in [2.75, 3.05) is 18.8 Å². The van der Waals surface area contributed by atoms with Crippen LogP contribution in [-0.4, -0.2) is 46.4 Å². The molecule has 1 N–H and O–H groups in total. The molecule has 2 amide bonds. The van der Waals surface area contributed by atoms with Crippen molar-refractivity contribution in [2.24, 2.45) is 5.92 Å². The molecule has 174 valence electrons. The Morgan fingerprint density at radius 1 is 1.00 bits per heavy atom. The summed E-state index contributed by atoms with van der Waals surface area (Å²) in [4.78, 5) is 39.5. The molecule has 2 aliphatic rings. The molecule has 2 fully saturated rings. The van der Waals surface area contributed by atoms with Crippen LogP contribution in [0.1, 0.15) is 48.0 Å². The van der Waals surface area contributed by atoms with Crippen LogP contribution in [0.15, 0.2) is 60.7 Å². The number of ether oxygens (including phenoxy) is 1. The van der Waals surface area contributed by atoms with Crippen LogP contribution < -0.4 is 5.32 Å². The number of esters is 1. The molecule has 2 aromatic carbocycles. The molecule has 1 spiro atoms. The third-order valence-corrected chi connectivity index (χ3v) is 8.00. The molecule has 1 heterocycles. The highest BCUT2D eigenvalue weighted by Crippen LogP contribution is 2.48. The van der Waals surface area contributed by atoms with Gasteiger partial charge < -0.3 is 15.0 Å². The van der Waals surface area contributed by atoms with Gasteiger partial charge in [0.2, 0.25) is 5.91 Å². The van der Waals surface area contributed by atoms with E-state index in [1.54, 1.807) is 0 Å². The fourth-order valence-corrected chi connectivity index (χ4v) is 6.13. The molecular weight excluding hydrogens is 436 g/mol. The summed E-state index contributed by atoms with van der Waals surface area (Å²) in [5, 5.41) is 2.89. The molecular formula is C26H30N2O4S.